The van der Waals surface area contributed by atoms with Crippen LogP contribution in [0.25, 0.3) is 0 Å². The molecular weight excluding hydrogens is 570 g/mol. The maximum Gasteiger partial charge on any atom is 0.306 e. The fourth-order valence-electron chi connectivity index (χ4n) is 4.76. The summed E-state index contributed by atoms with van der Waals surface area (Å²) in [6.45, 7) is 4.44. The van der Waals surface area contributed by atoms with Crippen molar-refractivity contribution in [3.05, 3.63) is 36.5 Å². The maximum atomic E-state index is 12.5. The molecule has 0 saturated heterocycles. The van der Waals surface area contributed by atoms with Gasteiger partial charge in [0.1, 0.15) is 12.6 Å². The second kappa shape index (κ2) is 29.0. The van der Waals surface area contributed by atoms with Gasteiger partial charge in [0, 0.05) is 19.3 Å². The van der Waals surface area contributed by atoms with Crippen LogP contribution in [-0.2, 0) is 28.6 Å². The monoisotopic (exact) mass is 635 g/mol. The van der Waals surface area contributed by atoms with Crippen molar-refractivity contribution in [1.82, 2.24) is 0 Å². The average molecular weight is 636 g/mol. The molecule has 0 N–H and O–H groups in total. The predicted molar refractivity (Wildman–Crippen MR) is 180 cm³/mol. The molecule has 2 atom stereocenters. The lowest BCUT2D eigenvalue weighted by Crippen LogP contribution is -2.55. The summed E-state index contributed by atoms with van der Waals surface area (Å²) in [5, 5.41) is 11.5. The number of likely N-dealkylation sites (N-methyl/N-ethyl adjacent to an activating group) is 1. The molecule has 260 valence electrons. The fourth-order valence-corrected chi connectivity index (χ4v) is 4.76. The van der Waals surface area contributed by atoms with Crippen LogP contribution in [0, 0.1) is 0 Å². The number of carboxylic acids is 1. The second-order valence-electron chi connectivity index (χ2n) is 12.7. The summed E-state index contributed by atoms with van der Waals surface area (Å²) in [5.74, 6) is -1.81. The Balaban J connectivity index is 4.51. The number of ether oxygens (including phenoxy) is 3. The first-order chi connectivity index (χ1) is 21.6. The van der Waals surface area contributed by atoms with Crippen LogP contribution in [0.4, 0.5) is 0 Å². The van der Waals surface area contributed by atoms with Crippen molar-refractivity contribution in [2.75, 3.05) is 41.0 Å². The van der Waals surface area contributed by atoms with E-state index in [9.17, 15) is 19.5 Å². The van der Waals surface area contributed by atoms with Crippen molar-refractivity contribution in [1.29, 1.82) is 0 Å². The van der Waals surface area contributed by atoms with Gasteiger partial charge in [0.05, 0.1) is 40.3 Å². The molecule has 45 heavy (non-hydrogen) atoms. The minimum Gasteiger partial charge on any atom is -0.544 e. The van der Waals surface area contributed by atoms with Crippen molar-refractivity contribution in [3.63, 3.8) is 0 Å². The lowest BCUT2D eigenvalue weighted by molar-refractivity contribution is -0.889. The third-order valence-electron chi connectivity index (χ3n) is 7.51. The van der Waals surface area contributed by atoms with Gasteiger partial charge in [-0.3, -0.25) is 9.59 Å². The zero-order chi connectivity index (χ0) is 33.6. The van der Waals surface area contributed by atoms with Crippen molar-refractivity contribution < 1.29 is 38.2 Å². The molecular formula is C37H65NO7. The van der Waals surface area contributed by atoms with E-state index in [4.69, 9.17) is 14.2 Å². The highest BCUT2D eigenvalue weighted by molar-refractivity contribution is 5.70. The number of hydrogen-bond donors (Lipinski definition) is 0. The Morgan fingerprint density at radius 3 is 1.91 bits per heavy atom. The van der Waals surface area contributed by atoms with Crippen LogP contribution >= 0.6 is 0 Å². The summed E-state index contributed by atoms with van der Waals surface area (Å²) in [5.41, 5.74) is 0. The molecule has 8 heteroatoms. The third-order valence-corrected chi connectivity index (χ3v) is 7.51. The normalized spacial score (nSPS) is 13.5. The molecule has 0 spiro atoms. The molecule has 0 saturated carbocycles. The smallest absolute Gasteiger partial charge is 0.306 e. The molecule has 0 aliphatic heterocycles. The van der Waals surface area contributed by atoms with E-state index in [0.717, 1.165) is 64.2 Å². The summed E-state index contributed by atoms with van der Waals surface area (Å²) in [4.78, 5) is 36.4. The summed E-state index contributed by atoms with van der Waals surface area (Å²) in [6.07, 6.45) is 29.0. The first kappa shape index (κ1) is 42.6. The van der Waals surface area contributed by atoms with Gasteiger partial charge in [-0.25, -0.2) is 0 Å². The average Bonchev–Trinajstić information content (AvgIpc) is 2.98. The lowest BCUT2D eigenvalue weighted by Gasteiger charge is -2.34. The van der Waals surface area contributed by atoms with Gasteiger partial charge in [0.2, 0.25) is 0 Å². The third kappa shape index (κ3) is 27.6. The first-order valence-corrected chi connectivity index (χ1v) is 17.5. The molecule has 0 heterocycles. The number of carbonyl (C=O) groups is 3. The highest BCUT2D eigenvalue weighted by Crippen LogP contribution is 2.11. The number of aliphatic carboxylic acids is 1. The molecule has 0 aromatic heterocycles. The predicted octanol–water partition coefficient (Wildman–Crippen LogP) is 7.01. The van der Waals surface area contributed by atoms with Crippen LogP contribution in [0.5, 0.6) is 0 Å². The minimum absolute atomic E-state index is 0.0247. The Hall–Kier alpha value is -2.45. The number of allylic oxidation sites excluding steroid dienone is 6. The van der Waals surface area contributed by atoms with Gasteiger partial charge in [-0.15, -0.1) is 0 Å². The standard InChI is InChI=1S/C37H65NO7/c1-6-8-10-12-14-16-17-18-20-21-23-25-27-35(39)44-32-33(31-43-30-29-34(37(41)42)38(3,4)5)45-36(40)28-26-24-22-19-15-13-11-9-7-2/h8,10,14,16,19,22,33-34H,6-7,9,11-13,15,17-18,20-21,23-32H2,1-5H3/b10-8+,16-14+,22-19+. The van der Waals surface area contributed by atoms with Gasteiger partial charge in [0.15, 0.2) is 6.10 Å². The van der Waals surface area contributed by atoms with Gasteiger partial charge in [-0.1, -0.05) is 88.8 Å². The van der Waals surface area contributed by atoms with Crippen molar-refractivity contribution >= 4 is 17.9 Å². The Labute approximate surface area is 274 Å². The number of quaternary nitrogens is 1. The van der Waals surface area contributed by atoms with Crippen LogP contribution in [-0.4, -0.2) is 75.5 Å². The van der Waals surface area contributed by atoms with Gasteiger partial charge in [-0.2, -0.15) is 0 Å². The van der Waals surface area contributed by atoms with Crippen LogP contribution in [0.1, 0.15) is 129 Å². The highest BCUT2D eigenvalue weighted by atomic mass is 16.6. The molecule has 0 amide bonds. The Kier molecular flexibility index (Phi) is 27.4. The number of hydrogen-bond acceptors (Lipinski definition) is 7. The zero-order valence-corrected chi connectivity index (χ0v) is 29.3. The van der Waals surface area contributed by atoms with Gasteiger partial charge in [-0.05, 0) is 57.8 Å². The number of nitrogens with zero attached hydrogens (tertiary/aromatic N) is 1. The van der Waals surface area contributed by atoms with Crippen molar-refractivity contribution in [3.8, 4) is 0 Å². The quantitative estimate of drug-likeness (QED) is 0.0362. The molecule has 0 aromatic rings. The number of carboxylic acid groups (broad SMARTS) is 1. The Morgan fingerprint density at radius 2 is 1.27 bits per heavy atom. The summed E-state index contributed by atoms with van der Waals surface area (Å²) in [6, 6.07) is -0.729. The highest BCUT2D eigenvalue weighted by Gasteiger charge is 2.25. The number of rotatable bonds is 30. The van der Waals surface area contributed by atoms with E-state index in [1.807, 2.05) is 0 Å². The summed E-state index contributed by atoms with van der Waals surface area (Å²) >= 11 is 0. The van der Waals surface area contributed by atoms with E-state index in [2.05, 4.69) is 50.3 Å². The molecule has 0 aliphatic carbocycles. The molecule has 0 rings (SSSR count). The molecule has 0 bridgehead atoms. The van der Waals surface area contributed by atoms with E-state index in [-0.39, 0.29) is 49.1 Å². The van der Waals surface area contributed by atoms with Crippen molar-refractivity contribution in [2.45, 2.75) is 142 Å². The molecule has 0 radical (unpaired) electrons. The van der Waals surface area contributed by atoms with E-state index < -0.39 is 18.1 Å². The summed E-state index contributed by atoms with van der Waals surface area (Å²) in [7, 11) is 5.37. The van der Waals surface area contributed by atoms with Crippen LogP contribution in [0.2, 0.25) is 0 Å². The first-order valence-electron chi connectivity index (χ1n) is 17.5. The Bertz CT molecular complexity index is 844. The molecule has 8 nitrogen and oxygen atoms in total. The van der Waals surface area contributed by atoms with Crippen LogP contribution < -0.4 is 5.11 Å². The maximum absolute atomic E-state index is 12.5. The largest absolute Gasteiger partial charge is 0.544 e. The van der Waals surface area contributed by atoms with E-state index in [1.54, 1.807) is 21.1 Å². The molecule has 0 aromatic carbocycles. The molecule has 0 fully saturated rings. The number of unbranched alkanes of at least 4 members (excludes halogenated alkanes) is 10. The number of esters is 2. The van der Waals surface area contributed by atoms with Crippen LogP contribution in [0.3, 0.4) is 0 Å². The summed E-state index contributed by atoms with van der Waals surface area (Å²) < 4.78 is 17.0. The van der Waals surface area contributed by atoms with Gasteiger partial charge >= 0.3 is 11.9 Å². The Morgan fingerprint density at radius 1 is 0.689 bits per heavy atom. The topological polar surface area (TPSA) is 102 Å². The van der Waals surface area contributed by atoms with E-state index in [0.29, 0.717) is 12.8 Å². The van der Waals surface area contributed by atoms with Gasteiger partial charge in [0.25, 0.3) is 0 Å². The second-order valence-corrected chi connectivity index (χ2v) is 12.7. The number of carbonyl (C=O) groups excluding carboxylic acids is 3. The van der Waals surface area contributed by atoms with Gasteiger partial charge < -0.3 is 28.6 Å². The minimum atomic E-state index is -1.13. The fraction of sp³-hybridized carbons (Fsp3) is 0.757. The lowest BCUT2D eigenvalue weighted by atomic mass is 10.1. The SMILES string of the molecule is CC/C=C/C/C=C/CCCCCCCC(=O)OCC(COCCC(C(=O)[O-])[N+](C)(C)C)OC(=O)CCC/C=C/CCCCCC. The molecule has 2 unspecified atom stereocenters. The van der Waals surface area contributed by atoms with E-state index >= 15 is 0 Å². The molecule has 0 aliphatic rings. The zero-order valence-electron chi connectivity index (χ0n) is 29.3. The van der Waals surface area contributed by atoms with Crippen LogP contribution in [0.15, 0.2) is 36.5 Å². The van der Waals surface area contributed by atoms with Crippen molar-refractivity contribution in [2.24, 2.45) is 0 Å². The van der Waals surface area contributed by atoms with E-state index in [1.165, 1.54) is 25.7 Å².